The second-order valence-electron chi connectivity index (χ2n) is 8.32. The van der Waals surface area contributed by atoms with Gasteiger partial charge in [0.1, 0.15) is 11.5 Å². The van der Waals surface area contributed by atoms with E-state index in [4.69, 9.17) is 9.47 Å². The van der Waals surface area contributed by atoms with E-state index in [-0.39, 0.29) is 23.5 Å². The molecule has 0 bridgehead atoms. The third-order valence-corrected chi connectivity index (χ3v) is 7.27. The van der Waals surface area contributed by atoms with E-state index in [9.17, 15) is 19.5 Å². The highest BCUT2D eigenvalue weighted by Crippen LogP contribution is 2.43. The maximum absolute atomic E-state index is 13.3. The highest BCUT2D eigenvalue weighted by atomic mass is 32.1. The maximum Gasteiger partial charge on any atom is 0.409 e. The molecule has 2 fully saturated rings. The molecular weight excluding hydrogens is 456 g/mol. The van der Waals surface area contributed by atoms with Gasteiger partial charge in [-0.05, 0) is 61.9 Å². The standard InChI is InChI=1S/C25H28N2O6S/c1-4-33-25(31)26-11-9-17(10-12-26)27-21(19-6-5-13-34-19)20(23(29)24(27)30)22(28)16-7-8-18(32-3)15(2)14-16/h5-8,13-14,17,21,28H,4,9-12H2,1-3H3/b22-20-. The number of ketones is 1. The number of Topliss-reactive ketones (excluding diaryl/α,β-unsaturated/α-hetero) is 1. The molecule has 1 atom stereocenters. The number of aliphatic hydroxyl groups is 1. The number of carbonyl (C=O) groups excluding carboxylic acids is 3. The van der Waals surface area contributed by atoms with Gasteiger partial charge in [0.25, 0.3) is 11.7 Å². The Morgan fingerprint density at radius 2 is 1.94 bits per heavy atom. The van der Waals surface area contributed by atoms with Crippen LogP contribution in [0.3, 0.4) is 0 Å². The van der Waals surface area contributed by atoms with E-state index >= 15 is 0 Å². The quantitative estimate of drug-likeness (QED) is 0.390. The zero-order valence-corrected chi connectivity index (χ0v) is 20.3. The largest absolute Gasteiger partial charge is 0.507 e. The number of ether oxygens (including phenoxy) is 2. The number of aliphatic hydroxyl groups excluding tert-OH is 1. The van der Waals surface area contributed by atoms with Crippen molar-refractivity contribution in [2.75, 3.05) is 26.8 Å². The Morgan fingerprint density at radius 1 is 1.21 bits per heavy atom. The average Bonchev–Trinajstić information content (AvgIpc) is 3.46. The third kappa shape index (κ3) is 4.27. The Kier molecular flexibility index (Phi) is 6.92. The molecule has 2 aliphatic heterocycles. The Morgan fingerprint density at radius 3 is 2.53 bits per heavy atom. The summed E-state index contributed by atoms with van der Waals surface area (Å²) in [6.45, 7) is 4.77. The van der Waals surface area contributed by atoms with Gasteiger partial charge in [-0.15, -0.1) is 11.3 Å². The molecule has 1 unspecified atom stereocenters. The van der Waals surface area contributed by atoms with Crippen molar-refractivity contribution in [2.45, 2.75) is 38.8 Å². The second-order valence-corrected chi connectivity index (χ2v) is 9.30. The van der Waals surface area contributed by atoms with Gasteiger partial charge in [-0.1, -0.05) is 6.07 Å². The zero-order valence-electron chi connectivity index (χ0n) is 19.4. The van der Waals surface area contributed by atoms with Crippen LogP contribution in [0, 0.1) is 6.92 Å². The van der Waals surface area contributed by atoms with Crippen LogP contribution in [0.4, 0.5) is 4.79 Å². The van der Waals surface area contributed by atoms with E-state index < -0.39 is 17.7 Å². The van der Waals surface area contributed by atoms with Gasteiger partial charge in [0.15, 0.2) is 0 Å². The van der Waals surface area contributed by atoms with E-state index in [1.807, 2.05) is 24.4 Å². The molecule has 1 aromatic heterocycles. The van der Waals surface area contributed by atoms with Crippen molar-refractivity contribution in [3.63, 3.8) is 0 Å². The topological polar surface area (TPSA) is 96.4 Å². The summed E-state index contributed by atoms with van der Waals surface area (Å²) in [5.74, 6) is -0.855. The summed E-state index contributed by atoms with van der Waals surface area (Å²) in [4.78, 5) is 42.6. The van der Waals surface area contributed by atoms with Crippen molar-refractivity contribution in [2.24, 2.45) is 0 Å². The van der Waals surface area contributed by atoms with Gasteiger partial charge in [0.05, 0.1) is 25.3 Å². The molecule has 2 aliphatic rings. The van der Waals surface area contributed by atoms with Crippen LogP contribution < -0.4 is 4.74 Å². The molecule has 1 aromatic carbocycles. The molecule has 9 heteroatoms. The van der Waals surface area contributed by atoms with Crippen LogP contribution in [0.15, 0.2) is 41.3 Å². The number of thiophene rings is 1. The maximum atomic E-state index is 13.3. The van der Waals surface area contributed by atoms with Gasteiger partial charge < -0.3 is 24.4 Å². The van der Waals surface area contributed by atoms with E-state index in [0.29, 0.717) is 43.9 Å². The molecule has 2 aromatic rings. The van der Waals surface area contributed by atoms with Gasteiger partial charge in [-0.25, -0.2) is 4.79 Å². The minimum Gasteiger partial charge on any atom is -0.507 e. The Balaban J connectivity index is 1.70. The molecule has 4 rings (SSSR count). The number of aryl methyl sites for hydroxylation is 1. The number of likely N-dealkylation sites (tertiary alicyclic amines) is 2. The lowest BCUT2D eigenvalue weighted by atomic mass is 9.97. The van der Waals surface area contributed by atoms with Crippen LogP contribution in [0.5, 0.6) is 5.75 Å². The van der Waals surface area contributed by atoms with Crippen LogP contribution in [-0.2, 0) is 14.3 Å². The van der Waals surface area contributed by atoms with Crippen LogP contribution in [0.1, 0.15) is 41.8 Å². The normalized spacial score (nSPS) is 20.6. The molecule has 180 valence electrons. The number of piperidine rings is 1. The first kappa shape index (κ1) is 23.8. The highest BCUT2D eigenvalue weighted by Gasteiger charge is 2.49. The monoisotopic (exact) mass is 484 g/mol. The number of carbonyl (C=O) groups is 3. The summed E-state index contributed by atoms with van der Waals surface area (Å²) in [6.07, 6.45) is 0.679. The lowest BCUT2D eigenvalue weighted by Gasteiger charge is -2.38. The van der Waals surface area contributed by atoms with E-state index in [1.165, 1.54) is 11.3 Å². The van der Waals surface area contributed by atoms with Gasteiger partial charge in [-0.2, -0.15) is 0 Å². The third-order valence-electron chi connectivity index (χ3n) is 6.34. The minimum atomic E-state index is -0.697. The van der Waals surface area contributed by atoms with Crippen LogP contribution in [0.25, 0.3) is 5.76 Å². The average molecular weight is 485 g/mol. The molecule has 34 heavy (non-hydrogen) atoms. The molecule has 3 heterocycles. The fraction of sp³-hybridized carbons (Fsp3) is 0.400. The van der Waals surface area contributed by atoms with Crippen molar-refractivity contribution in [1.29, 1.82) is 0 Å². The fourth-order valence-electron chi connectivity index (χ4n) is 4.68. The van der Waals surface area contributed by atoms with E-state index in [0.717, 1.165) is 10.4 Å². The number of hydrogen-bond acceptors (Lipinski definition) is 7. The van der Waals surface area contributed by atoms with Crippen LogP contribution >= 0.6 is 11.3 Å². The summed E-state index contributed by atoms with van der Waals surface area (Å²) < 4.78 is 10.4. The molecule has 0 aliphatic carbocycles. The smallest absolute Gasteiger partial charge is 0.409 e. The van der Waals surface area contributed by atoms with Gasteiger partial charge in [0.2, 0.25) is 0 Å². The Labute approximate surface area is 202 Å². The summed E-state index contributed by atoms with van der Waals surface area (Å²) in [7, 11) is 1.57. The molecule has 0 radical (unpaired) electrons. The number of amides is 2. The zero-order chi connectivity index (χ0) is 24.4. The summed E-state index contributed by atoms with van der Waals surface area (Å²) in [5.41, 5.74) is 1.35. The number of hydrogen-bond donors (Lipinski definition) is 1. The Bertz CT molecular complexity index is 1120. The SMILES string of the molecule is CCOC(=O)N1CCC(N2C(=O)C(=O)/C(=C(\O)c3ccc(OC)c(C)c3)C2c2cccs2)CC1. The van der Waals surface area contributed by atoms with Crippen molar-refractivity contribution in [3.05, 3.63) is 57.3 Å². The molecular formula is C25H28N2O6S. The number of benzene rings is 1. The molecule has 8 nitrogen and oxygen atoms in total. The molecule has 0 spiro atoms. The van der Waals surface area contributed by atoms with Gasteiger partial charge >= 0.3 is 6.09 Å². The fourth-order valence-corrected chi connectivity index (χ4v) is 5.51. The van der Waals surface area contributed by atoms with E-state index in [1.54, 1.807) is 42.0 Å². The first-order valence-corrected chi connectivity index (χ1v) is 12.2. The van der Waals surface area contributed by atoms with Crippen molar-refractivity contribution >= 4 is 34.9 Å². The van der Waals surface area contributed by atoms with Crippen molar-refractivity contribution < 1.29 is 29.0 Å². The van der Waals surface area contributed by atoms with Crippen LogP contribution in [0.2, 0.25) is 0 Å². The summed E-state index contributed by atoms with van der Waals surface area (Å²) >= 11 is 1.43. The predicted octanol–water partition coefficient (Wildman–Crippen LogP) is 4.11. The van der Waals surface area contributed by atoms with Gasteiger partial charge in [-0.3, -0.25) is 9.59 Å². The predicted molar refractivity (Wildman–Crippen MR) is 128 cm³/mol. The number of nitrogens with zero attached hydrogens (tertiary/aromatic N) is 2. The van der Waals surface area contributed by atoms with Crippen molar-refractivity contribution in [1.82, 2.24) is 9.80 Å². The molecule has 2 saturated heterocycles. The molecule has 1 N–H and O–H groups in total. The first-order chi connectivity index (χ1) is 16.4. The molecule has 2 amide bonds. The summed E-state index contributed by atoms with van der Waals surface area (Å²) in [5, 5.41) is 13.1. The number of methoxy groups -OCH3 is 1. The number of rotatable bonds is 5. The highest BCUT2D eigenvalue weighted by molar-refractivity contribution is 7.10. The first-order valence-electron chi connectivity index (χ1n) is 11.3. The van der Waals surface area contributed by atoms with Gasteiger partial charge in [0, 0.05) is 29.6 Å². The van der Waals surface area contributed by atoms with E-state index in [2.05, 4.69) is 0 Å². The second kappa shape index (κ2) is 9.89. The summed E-state index contributed by atoms with van der Waals surface area (Å²) in [6, 6.07) is 7.96. The molecule has 0 saturated carbocycles. The Hall–Kier alpha value is -3.33. The lowest BCUT2D eigenvalue weighted by Crippen LogP contribution is -2.48. The lowest BCUT2D eigenvalue weighted by molar-refractivity contribution is -0.142. The van der Waals surface area contributed by atoms with Crippen molar-refractivity contribution in [3.8, 4) is 5.75 Å². The van der Waals surface area contributed by atoms with Crippen LogP contribution in [-0.4, -0.2) is 65.5 Å². The minimum absolute atomic E-state index is 0.0878.